The van der Waals surface area contributed by atoms with Crippen LogP contribution in [-0.4, -0.2) is 20.2 Å². The van der Waals surface area contributed by atoms with Crippen LogP contribution in [0, 0.1) is 0 Å². The van der Waals surface area contributed by atoms with E-state index in [-0.39, 0.29) is 6.10 Å². The van der Waals surface area contributed by atoms with Crippen molar-refractivity contribution in [3.05, 3.63) is 0 Å². The quantitative estimate of drug-likeness (QED) is 0.569. The van der Waals surface area contributed by atoms with E-state index >= 15 is 0 Å². The summed E-state index contributed by atoms with van der Waals surface area (Å²) < 4.78 is 5.99. The van der Waals surface area contributed by atoms with Crippen molar-refractivity contribution in [3.8, 4) is 0 Å². The molecule has 16 heavy (non-hydrogen) atoms. The van der Waals surface area contributed by atoms with Gasteiger partial charge >= 0.3 is 0 Å². The van der Waals surface area contributed by atoms with E-state index in [1.165, 1.54) is 0 Å². The average Bonchev–Trinajstić information content (AvgIpc) is 2.19. The number of carbonyl (C=O) groups excluding carboxylic acids is 1. The van der Waals surface area contributed by atoms with Crippen molar-refractivity contribution in [1.29, 1.82) is 0 Å². The maximum atomic E-state index is 12.0. The summed E-state index contributed by atoms with van der Waals surface area (Å²) in [6.07, 6.45) is 5.77. The second-order valence-electron chi connectivity index (χ2n) is 5.43. The Morgan fingerprint density at radius 2 is 1.69 bits per heavy atom. The maximum absolute atomic E-state index is 12.0. The van der Waals surface area contributed by atoms with E-state index in [1.807, 2.05) is 0 Å². The monoisotopic (exact) mass is 244 g/mol. The van der Waals surface area contributed by atoms with Gasteiger partial charge in [-0.25, -0.2) is 0 Å². The number of rotatable bonds is 9. The van der Waals surface area contributed by atoms with Gasteiger partial charge in [-0.2, -0.15) is 0 Å². The molecule has 0 spiro atoms. The fourth-order valence-corrected chi connectivity index (χ4v) is 2.72. The predicted molar refractivity (Wildman–Crippen MR) is 72.3 cm³/mol. The Bertz CT molecular complexity index is 197. The summed E-state index contributed by atoms with van der Waals surface area (Å²) in [6, 6.07) is 0. The molecule has 96 valence electrons. The first-order valence-electron chi connectivity index (χ1n) is 6.61. The van der Waals surface area contributed by atoms with Gasteiger partial charge < -0.3 is 4.43 Å². The third-order valence-electron chi connectivity index (χ3n) is 2.45. The van der Waals surface area contributed by atoms with E-state index in [2.05, 4.69) is 33.5 Å². The van der Waals surface area contributed by atoms with E-state index in [1.54, 1.807) is 0 Å². The number of Topliss-reactive ketones (excluding diaryl/α,β-unsaturated/α-hetero) is 1. The molecule has 1 atom stereocenters. The minimum absolute atomic E-state index is 0.127. The van der Waals surface area contributed by atoms with E-state index in [9.17, 15) is 4.79 Å². The van der Waals surface area contributed by atoms with Gasteiger partial charge in [-0.05, 0) is 32.5 Å². The molecule has 0 aliphatic carbocycles. The zero-order valence-corrected chi connectivity index (χ0v) is 12.6. The highest BCUT2D eigenvalue weighted by molar-refractivity contribution is 6.69. The Labute approximate surface area is 102 Å². The third kappa shape index (κ3) is 8.05. The lowest BCUT2D eigenvalue weighted by Gasteiger charge is -2.25. The van der Waals surface area contributed by atoms with Crippen molar-refractivity contribution in [2.75, 3.05) is 0 Å². The molecule has 0 aromatic heterocycles. The second kappa shape index (κ2) is 8.01. The molecule has 0 heterocycles. The van der Waals surface area contributed by atoms with Gasteiger partial charge in [0.05, 0.1) is 0 Å². The Hall–Kier alpha value is -0.153. The van der Waals surface area contributed by atoms with Crippen molar-refractivity contribution < 1.29 is 9.22 Å². The van der Waals surface area contributed by atoms with Crippen LogP contribution < -0.4 is 0 Å². The molecule has 1 unspecified atom stereocenters. The highest BCUT2D eigenvalue weighted by Gasteiger charge is 2.25. The Balaban J connectivity index is 4.23. The maximum Gasteiger partial charge on any atom is 0.184 e. The summed E-state index contributed by atoms with van der Waals surface area (Å²) in [7, 11) is -1.59. The molecule has 0 saturated heterocycles. The number of carbonyl (C=O) groups is 1. The van der Waals surface area contributed by atoms with Gasteiger partial charge in [-0.3, -0.25) is 4.79 Å². The molecular formula is C13H28O2Si. The highest BCUT2D eigenvalue weighted by Crippen LogP contribution is 2.16. The van der Waals surface area contributed by atoms with Crippen LogP contribution >= 0.6 is 0 Å². The summed E-state index contributed by atoms with van der Waals surface area (Å²) in [6.45, 7) is 10.7. The van der Waals surface area contributed by atoms with Gasteiger partial charge in [0.1, 0.15) is 6.10 Å². The summed E-state index contributed by atoms with van der Waals surface area (Å²) in [4.78, 5) is 12.0. The van der Waals surface area contributed by atoms with Gasteiger partial charge in [0.2, 0.25) is 0 Å². The Morgan fingerprint density at radius 3 is 2.12 bits per heavy atom. The van der Waals surface area contributed by atoms with Crippen molar-refractivity contribution >= 4 is 14.1 Å². The SMILES string of the molecule is CCCCC(=O)C(CCCC)O[Si](C)(C)C. The van der Waals surface area contributed by atoms with Crippen LogP contribution in [0.1, 0.15) is 52.4 Å². The van der Waals surface area contributed by atoms with Gasteiger partial charge in [0.25, 0.3) is 0 Å². The summed E-state index contributed by atoms with van der Waals surface area (Å²) in [5, 5.41) is 0. The molecule has 0 aromatic carbocycles. The molecule has 0 radical (unpaired) electrons. The van der Waals surface area contributed by atoms with E-state index in [0.29, 0.717) is 12.2 Å². The minimum Gasteiger partial charge on any atom is -0.408 e. The molecule has 0 bridgehead atoms. The van der Waals surface area contributed by atoms with Crippen LogP contribution in [0.5, 0.6) is 0 Å². The van der Waals surface area contributed by atoms with Crippen molar-refractivity contribution in [2.24, 2.45) is 0 Å². The normalized spacial score (nSPS) is 13.8. The molecule has 0 amide bonds. The first-order valence-corrected chi connectivity index (χ1v) is 10.0. The van der Waals surface area contributed by atoms with Crippen molar-refractivity contribution in [1.82, 2.24) is 0 Å². The molecule has 2 nitrogen and oxygen atoms in total. The Kier molecular flexibility index (Phi) is 7.94. The van der Waals surface area contributed by atoms with E-state index in [4.69, 9.17) is 4.43 Å². The lowest BCUT2D eigenvalue weighted by Crippen LogP contribution is -2.36. The van der Waals surface area contributed by atoms with Crippen LogP contribution in [0.2, 0.25) is 19.6 Å². The van der Waals surface area contributed by atoms with Crippen LogP contribution in [0.15, 0.2) is 0 Å². The summed E-state index contributed by atoms with van der Waals surface area (Å²) in [5.41, 5.74) is 0. The first-order chi connectivity index (χ1) is 7.40. The van der Waals surface area contributed by atoms with Crippen LogP contribution in [0.4, 0.5) is 0 Å². The molecule has 0 aliphatic heterocycles. The van der Waals surface area contributed by atoms with Gasteiger partial charge in [-0.1, -0.05) is 33.1 Å². The van der Waals surface area contributed by atoms with E-state index in [0.717, 1.165) is 32.1 Å². The number of unbranched alkanes of at least 4 members (excludes halogenated alkanes) is 2. The minimum atomic E-state index is -1.59. The Morgan fingerprint density at radius 1 is 1.12 bits per heavy atom. The van der Waals surface area contributed by atoms with Gasteiger partial charge in [-0.15, -0.1) is 0 Å². The van der Waals surface area contributed by atoms with Gasteiger partial charge in [0.15, 0.2) is 14.1 Å². The first kappa shape index (κ1) is 15.8. The van der Waals surface area contributed by atoms with Crippen LogP contribution in [-0.2, 0) is 9.22 Å². The largest absolute Gasteiger partial charge is 0.408 e. The summed E-state index contributed by atoms with van der Waals surface area (Å²) >= 11 is 0. The molecule has 0 N–H and O–H groups in total. The molecule has 0 saturated carbocycles. The molecule has 0 fully saturated rings. The fraction of sp³-hybridized carbons (Fsp3) is 0.923. The lowest BCUT2D eigenvalue weighted by molar-refractivity contribution is -0.126. The second-order valence-corrected chi connectivity index (χ2v) is 9.89. The van der Waals surface area contributed by atoms with Crippen molar-refractivity contribution in [2.45, 2.75) is 78.1 Å². The zero-order valence-electron chi connectivity index (χ0n) is 11.6. The van der Waals surface area contributed by atoms with Crippen molar-refractivity contribution in [3.63, 3.8) is 0 Å². The van der Waals surface area contributed by atoms with E-state index < -0.39 is 8.32 Å². The number of hydrogen-bond donors (Lipinski definition) is 0. The predicted octanol–water partition coefficient (Wildman–Crippen LogP) is 4.16. The fourth-order valence-electron chi connectivity index (χ4n) is 1.61. The summed E-state index contributed by atoms with van der Waals surface area (Å²) in [5.74, 6) is 0.317. The average molecular weight is 244 g/mol. The molecular weight excluding hydrogens is 216 g/mol. The highest BCUT2D eigenvalue weighted by atomic mass is 28.4. The molecule has 0 rings (SSSR count). The standard InChI is InChI=1S/C13H28O2Si/c1-6-8-10-12(14)13(11-9-7-2)15-16(3,4)5/h13H,6-11H2,1-5H3. The molecule has 3 heteroatoms. The number of hydrogen-bond acceptors (Lipinski definition) is 2. The number of ketones is 1. The van der Waals surface area contributed by atoms with Crippen LogP contribution in [0.3, 0.4) is 0 Å². The van der Waals surface area contributed by atoms with Crippen LogP contribution in [0.25, 0.3) is 0 Å². The lowest BCUT2D eigenvalue weighted by atomic mass is 10.0. The topological polar surface area (TPSA) is 26.3 Å². The smallest absolute Gasteiger partial charge is 0.184 e. The molecule has 0 aliphatic rings. The molecule has 0 aromatic rings. The van der Waals surface area contributed by atoms with Gasteiger partial charge in [0, 0.05) is 6.42 Å². The third-order valence-corrected chi connectivity index (χ3v) is 3.44. The zero-order chi connectivity index (χ0) is 12.6.